The van der Waals surface area contributed by atoms with Crippen LogP contribution in [0.25, 0.3) is 0 Å². The van der Waals surface area contributed by atoms with Crippen molar-refractivity contribution in [3.05, 3.63) is 28.2 Å². The number of thiazole rings is 1. The number of aromatic nitrogens is 1. The molecule has 0 radical (unpaired) electrons. The number of allylic oxidation sites excluding steroid dienone is 1. The topological polar surface area (TPSA) is 49.3 Å². The van der Waals surface area contributed by atoms with E-state index >= 15 is 0 Å². The van der Waals surface area contributed by atoms with Crippen LogP contribution >= 0.6 is 35.3 Å². The maximum Gasteiger partial charge on any atom is 0.191 e. The number of rotatable bonds is 6. The standard InChI is InChI=1S/C13H22N4S.HI/c1-4-6-7-8-15-13(14-5-2)17-10-12-16-9-11(3)18-12;/h4,6,9H,5,7-8,10H2,1-3H3,(H2,14,15,17);1H/b6-4+;. The van der Waals surface area contributed by atoms with E-state index in [4.69, 9.17) is 0 Å². The summed E-state index contributed by atoms with van der Waals surface area (Å²) in [6.07, 6.45) is 7.10. The van der Waals surface area contributed by atoms with Crippen molar-refractivity contribution in [2.75, 3.05) is 13.1 Å². The highest BCUT2D eigenvalue weighted by Gasteiger charge is 1.99. The van der Waals surface area contributed by atoms with E-state index in [9.17, 15) is 0 Å². The van der Waals surface area contributed by atoms with Crippen molar-refractivity contribution in [3.8, 4) is 0 Å². The highest BCUT2D eigenvalue weighted by molar-refractivity contribution is 14.0. The molecule has 1 aromatic heterocycles. The summed E-state index contributed by atoms with van der Waals surface area (Å²) in [6, 6.07) is 0. The van der Waals surface area contributed by atoms with Gasteiger partial charge in [0.1, 0.15) is 5.01 Å². The molecule has 0 aliphatic rings. The van der Waals surface area contributed by atoms with Crippen LogP contribution in [0.2, 0.25) is 0 Å². The third-order valence-electron chi connectivity index (χ3n) is 2.22. The molecule has 0 unspecified atom stereocenters. The molecule has 0 spiro atoms. The first-order chi connectivity index (χ1) is 8.76. The fourth-order valence-electron chi connectivity index (χ4n) is 1.40. The molecule has 4 nitrogen and oxygen atoms in total. The normalized spacial score (nSPS) is 11.4. The smallest absolute Gasteiger partial charge is 0.191 e. The van der Waals surface area contributed by atoms with Crippen molar-refractivity contribution in [2.24, 2.45) is 4.99 Å². The van der Waals surface area contributed by atoms with E-state index in [-0.39, 0.29) is 24.0 Å². The first-order valence-corrected chi connectivity index (χ1v) is 7.12. The summed E-state index contributed by atoms with van der Waals surface area (Å²) in [5, 5.41) is 7.58. The van der Waals surface area contributed by atoms with Crippen molar-refractivity contribution in [1.82, 2.24) is 15.6 Å². The molecule has 0 saturated carbocycles. The van der Waals surface area contributed by atoms with Gasteiger partial charge in [0, 0.05) is 24.2 Å². The van der Waals surface area contributed by atoms with Crippen LogP contribution in [0.4, 0.5) is 0 Å². The average Bonchev–Trinajstić information content (AvgIpc) is 2.77. The lowest BCUT2D eigenvalue weighted by molar-refractivity contribution is 0.809. The van der Waals surface area contributed by atoms with Crippen molar-refractivity contribution >= 4 is 41.3 Å². The highest BCUT2D eigenvalue weighted by atomic mass is 127. The van der Waals surface area contributed by atoms with Gasteiger partial charge in [0.2, 0.25) is 0 Å². The fourth-order valence-corrected chi connectivity index (χ4v) is 2.12. The Labute approximate surface area is 136 Å². The summed E-state index contributed by atoms with van der Waals surface area (Å²) in [7, 11) is 0. The molecule has 1 heterocycles. The Hall–Kier alpha value is -0.630. The molecule has 0 amide bonds. The minimum absolute atomic E-state index is 0. The molecule has 0 saturated heterocycles. The van der Waals surface area contributed by atoms with Crippen LogP contribution < -0.4 is 10.6 Å². The Morgan fingerprint density at radius 1 is 1.47 bits per heavy atom. The monoisotopic (exact) mass is 394 g/mol. The van der Waals surface area contributed by atoms with Gasteiger partial charge < -0.3 is 10.6 Å². The van der Waals surface area contributed by atoms with Gasteiger partial charge in [-0.25, -0.2) is 9.98 Å². The van der Waals surface area contributed by atoms with Crippen molar-refractivity contribution in [2.45, 2.75) is 33.7 Å². The van der Waals surface area contributed by atoms with Crippen LogP contribution in [0.15, 0.2) is 23.3 Å². The van der Waals surface area contributed by atoms with Gasteiger partial charge in [0.25, 0.3) is 0 Å². The van der Waals surface area contributed by atoms with Crippen molar-refractivity contribution < 1.29 is 0 Å². The van der Waals surface area contributed by atoms with Gasteiger partial charge >= 0.3 is 0 Å². The van der Waals surface area contributed by atoms with Gasteiger partial charge in [-0.05, 0) is 27.2 Å². The molecule has 0 atom stereocenters. The molecule has 2 N–H and O–H groups in total. The molecule has 19 heavy (non-hydrogen) atoms. The third kappa shape index (κ3) is 8.20. The molecule has 0 aliphatic heterocycles. The van der Waals surface area contributed by atoms with Gasteiger partial charge in [-0.15, -0.1) is 35.3 Å². The Bertz CT molecular complexity index is 401. The fraction of sp³-hybridized carbons (Fsp3) is 0.538. The number of nitrogens with one attached hydrogen (secondary N) is 2. The number of hydrogen-bond acceptors (Lipinski definition) is 3. The molecule has 0 aromatic carbocycles. The number of nitrogens with zero attached hydrogens (tertiary/aromatic N) is 2. The Morgan fingerprint density at radius 3 is 2.84 bits per heavy atom. The Balaban J connectivity index is 0.00000324. The predicted octanol–water partition coefficient (Wildman–Crippen LogP) is 3.09. The number of halogens is 1. The second kappa shape index (κ2) is 11.2. The number of hydrogen-bond donors (Lipinski definition) is 2. The largest absolute Gasteiger partial charge is 0.357 e. The summed E-state index contributed by atoms with van der Waals surface area (Å²) in [5.41, 5.74) is 0. The predicted molar refractivity (Wildman–Crippen MR) is 94.5 cm³/mol. The molecule has 1 aromatic rings. The number of aryl methyl sites for hydroxylation is 1. The maximum absolute atomic E-state index is 4.51. The van der Waals surface area contributed by atoms with Crippen molar-refractivity contribution in [3.63, 3.8) is 0 Å². The molecule has 1 rings (SSSR count). The van der Waals surface area contributed by atoms with E-state index in [0.29, 0.717) is 6.54 Å². The van der Waals surface area contributed by atoms with Crippen LogP contribution in [0, 0.1) is 6.92 Å². The third-order valence-corrected chi connectivity index (χ3v) is 3.12. The minimum Gasteiger partial charge on any atom is -0.357 e. The second-order valence-corrected chi connectivity index (χ2v) is 5.16. The molecule has 108 valence electrons. The number of guanidine groups is 1. The number of aliphatic imine (C=N–C) groups is 1. The lowest BCUT2D eigenvalue weighted by Gasteiger charge is -2.09. The summed E-state index contributed by atoms with van der Waals surface area (Å²) in [5.74, 6) is 0.856. The molecular formula is C13H23IN4S. The lowest BCUT2D eigenvalue weighted by atomic mass is 10.4. The Morgan fingerprint density at radius 2 is 2.26 bits per heavy atom. The van der Waals surface area contributed by atoms with E-state index in [1.807, 2.05) is 13.1 Å². The molecule has 6 heteroatoms. The highest BCUT2D eigenvalue weighted by Crippen LogP contribution is 2.11. The first-order valence-electron chi connectivity index (χ1n) is 6.31. The van der Waals surface area contributed by atoms with Gasteiger partial charge in [0.15, 0.2) is 5.96 Å². The molecule has 0 fully saturated rings. The quantitative estimate of drug-likeness (QED) is 0.256. The summed E-state index contributed by atoms with van der Waals surface area (Å²) < 4.78 is 0. The van der Waals surface area contributed by atoms with E-state index in [0.717, 1.165) is 30.5 Å². The van der Waals surface area contributed by atoms with Crippen LogP contribution in [-0.4, -0.2) is 24.0 Å². The Kier molecular flexibility index (Phi) is 10.8. The van der Waals surface area contributed by atoms with E-state index in [2.05, 4.69) is 46.6 Å². The summed E-state index contributed by atoms with van der Waals surface area (Å²) >= 11 is 1.69. The maximum atomic E-state index is 4.51. The van der Waals surface area contributed by atoms with E-state index in [1.54, 1.807) is 11.3 Å². The lowest BCUT2D eigenvalue weighted by Crippen LogP contribution is -2.37. The molecular weight excluding hydrogens is 371 g/mol. The van der Waals surface area contributed by atoms with Gasteiger partial charge in [-0.2, -0.15) is 0 Å². The molecule has 0 bridgehead atoms. The zero-order chi connectivity index (χ0) is 13.2. The van der Waals surface area contributed by atoms with Crippen LogP contribution in [0.5, 0.6) is 0 Å². The van der Waals surface area contributed by atoms with Crippen molar-refractivity contribution in [1.29, 1.82) is 0 Å². The van der Waals surface area contributed by atoms with Gasteiger partial charge in [-0.3, -0.25) is 0 Å². The van der Waals surface area contributed by atoms with Crippen LogP contribution in [0.3, 0.4) is 0 Å². The zero-order valence-corrected chi connectivity index (χ0v) is 14.9. The zero-order valence-electron chi connectivity index (χ0n) is 11.8. The van der Waals surface area contributed by atoms with E-state index in [1.165, 1.54) is 4.88 Å². The first kappa shape index (κ1) is 18.4. The van der Waals surface area contributed by atoms with Crippen LogP contribution in [-0.2, 0) is 6.54 Å². The van der Waals surface area contributed by atoms with Gasteiger partial charge in [-0.1, -0.05) is 12.2 Å². The SMILES string of the molecule is C/C=C/CCNC(=NCc1ncc(C)s1)NCC.I. The van der Waals surface area contributed by atoms with E-state index < -0.39 is 0 Å². The van der Waals surface area contributed by atoms with Crippen LogP contribution in [0.1, 0.15) is 30.2 Å². The molecule has 0 aliphatic carbocycles. The average molecular weight is 394 g/mol. The van der Waals surface area contributed by atoms with Gasteiger partial charge in [0.05, 0.1) is 6.54 Å². The summed E-state index contributed by atoms with van der Waals surface area (Å²) in [4.78, 5) is 10.0. The summed E-state index contributed by atoms with van der Waals surface area (Å²) in [6.45, 7) is 8.56. The second-order valence-electron chi connectivity index (χ2n) is 3.84. The minimum atomic E-state index is 0.